The van der Waals surface area contributed by atoms with Crippen LogP contribution in [-0.2, 0) is 0 Å². The van der Waals surface area contributed by atoms with Crippen molar-refractivity contribution >= 4 is 51.4 Å². The van der Waals surface area contributed by atoms with E-state index in [1.54, 1.807) is 13.0 Å². The fourth-order valence-corrected chi connectivity index (χ4v) is 0.970. The van der Waals surface area contributed by atoms with Crippen molar-refractivity contribution in [2.24, 2.45) is 5.92 Å². The van der Waals surface area contributed by atoms with E-state index in [1.807, 2.05) is 0 Å². The summed E-state index contributed by atoms with van der Waals surface area (Å²) >= 11 is 0. The van der Waals surface area contributed by atoms with E-state index in [2.05, 4.69) is 20.4 Å². The Morgan fingerprint density at radius 1 is 1.50 bits per heavy atom. The topological polar surface area (TPSA) is 20.2 Å². The summed E-state index contributed by atoms with van der Waals surface area (Å²) in [6, 6.07) is 0. The first kappa shape index (κ1) is 15.8. The molecule has 0 saturated heterocycles. The average Bonchev–Trinajstić information content (AvgIpc) is 1.87. The molecule has 0 aromatic rings. The molecule has 0 fully saturated rings. The van der Waals surface area contributed by atoms with Gasteiger partial charge >= 0.3 is 51.4 Å². The molecular weight excluding hydrogens is 175 g/mol. The van der Waals surface area contributed by atoms with Gasteiger partial charge in [0.15, 0.2) is 0 Å². The van der Waals surface area contributed by atoms with E-state index in [0.717, 1.165) is 18.8 Å². The predicted molar refractivity (Wildman–Crippen MR) is 56.7 cm³/mol. The van der Waals surface area contributed by atoms with Crippen molar-refractivity contribution < 1.29 is 5.11 Å². The summed E-state index contributed by atoms with van der Waals surface area (Å²) in [5.41, 5.74) is -0.658. The van der Waals surface area contributed by atoms with Crippen LogP contribution >= 0.6 is 0 Å². The van der Waals surface area contributed by atoms with Crippen LogP contribution in [0.25, 0.3) is 0 Å². The molecule has 2 heteroatoms. The second-order valence-corrected chi connectivity index (χ2v) is 3.85. The summed E-state index contributed by atoms with van der Waals surface area (Å²) < 4.78 is 0. The first-order chi connectivity index (χ1) is 4.98. The minimum absolute atomic E-state index is 0. The predicted octanol–water partition coefficient (Wildman–Crippen LogP) is 2.10. The fourth-order valence-electron chi connectivity index (χ4n) is 0.970. The van der Waals surface area contributed by atoms with Gasteiger partial charge in [-0.05, 0) is 19.3 Å². The van der Waals surface area contributed by atoms with Crippen molar-refractivity contribution in [2.75, 3.05) is 0 Å². The summed E-state index contributed by atoms with van der Waals surface area (Å²) in [4.78, 5) is 0. The molecule has 0 aliphatic carbocycles. The van der Waals surface area contributed by atoms with Gasteiger partial charge in [-0.25, -0.2) is 0 Å². The molecule has 1 unspecified atom stereocenters. The van der Waals surface area contributed by atoms with Crippen LogP contribution in [0, 0.1) is 5.92 Å². The van der Waals surface area contributed by atoms with E-state index in [1.165, 1.54) is 6.42 Å². The quantitative estimate of drug-likeness (QED) is 0.527. The van der Waals surface area contributed by atoms with E-state index >= 15 is 0 Å². The summed E-state index contributed by atoms with van der Waals surface area (Å²) in [6.07, 6.45) is 4.71. The summed E-state index contributed by atoms with van der Waals surface area (Å²) in [5.74, 6) is 0.732. The zero-order chi connectivity index (χ0) is 8.91. The van der Waals surface area contributed by atoms with Gasteiger partial charge in [-0.15, -0.1) is 6.58 Å². The summed E-state index contributed by atoms with van der Waals surface area (Å²) in [5, 5.41) is 9.52. The third kappa shape index (κ3) is 9.42. The van der Waals surface area contributed by atoms with Crippen molar-refractivity contribution in [1.82, 2.24) is 0 Å². The first-order valence-corrected chi connectivity index (χ1v) is 4.34. The number of hydrogen-bond acceptors (Lipinski definition) is 1. The molecule has 1 N–H and O–H groups in total. The first-order valence-electron chi connectivity index (χ1n) is 4.34. The third-order valence-corrected chi connectivity index (χ3v) is 1.90. The Morgan fingerprint density at radius 2 is 2.00 bits per heavy atom. The molecule has 1 nitrogen and oxygen atoms in total. The van der Waals surface area contributed by atoms with Gasteiger partial charge in [0.05, 0.1) is 5.60 Å². The van der Waals surface area contributed by atoms with Crippen LogP contribution in [0.2, 0.25) is 0 Å². The van der Waals surface area contributed by atoms with Gasteiger partial charge in [-0.2, -0.15) is 0 Å². The van der Waals surface area contributed by atoms with Gasteiger partial charge < -0.3 is 5.11 Å². The van der Waals surface area contributed by atoms with Crippen molar-refractivity contribution in [1.29, 1.82) is 0 Å². The SMILES string of the molecule is C=CC(C)(O)CCCC(C)C.[KH]. The number of hydrogen-bond donors (Lipinski definition) is 1. The number of rotatable bonds is 5. The normalized spacial score (nSPS) is 15.1. The van der Waals surface area contributed by atoms with Crippen LogP contribution < -0.4 is 0 Å². The van der Waals surface area contributed by atoms with Crippen LogP contribution in [0.5, 0.6) is 0 Å². The standard InChI is InChI=1S/C10H20O.K.H/c1-5-10(4,11)8-6-7-9(2)3;;/h5,9,11H,1,6-8H2,2-4H3;;. The molecule has 0 saturated carbocycles. The Balaban J connectivity index is 0. The van der Waals surface area contributed by atoms with Gasteiger partial charge in [-0.1, -0.05) is 32.8 Å². The van der Waals surface area contributed by atoms with E-state index in [0.29, 0.717) is 0 Å². The molecule has 0 rings (SSSR count). The molecule has 0 aliphatic heterocycles. The fraction of sp³-hybridized carbons (Fsp3) is 0.800. The number of aliphatic hydroxyl groups is 1. The minimum atomic E-state index is -0.658. The summed E-state index contributed by atoms with van der Waals surface area (Å²) in [6.45, 7) is 9.78. The third-order valence-electron chi connectivity index (χ3n) is 1.90. The maximum absolute atomic E-state index is 9.52. The van der Waals surface area contributed by atoms with Crippen LogP contribution in [-0.4, -0.2) is 62.1 Å². The molecular formula is C10H21KO. The second kappa shape index (κ2) is 7.71. The van der Waals surface area contributed by atoms with E-state index in [9.17, 15) is 5.11 Å². The van der Waals surface area contributed by atoms with Gasteiger partial charge in [-0.3, -0.25) is 0 Å². The van der Waals surface area contributed by atoms with E-state index < -0.39 is 5.60 Å². The van der Waals surface area contributed by atoms with Gasteiger partial charge in [0.25, 0.3) is 0 Å². The van der Waals surface area contributed by atoms with Crippen molar-refractivity contribution in [3.63, 3.8) is 0 Å². The molecule has 0 aromatic carbocycles. The molecule has 12 heavy (non-hydrogen) atoms. The Labute approximate surface area is 119 Å². The monoisotopic (exact) mass is 196 g/mol. The van der Waals surface area contributed by atoms with Crippen LogP contribution in [0.1, 0.15) is 40.0 Å². The molecule has 0 radical (unpaired) electrons. The molecule has 0 heterocycles. The molecule has 0 bridgehead atoms. The van der Waals surface area contributed by atoms with Gasteiger partial charge in [0.1, 0.15) is 0 Å². The molecule has 68 valence electrons. The van der Waals surface area contributed by atoms with Crippen molar-refractivity contribution in [3.05, 3.63) is 12.7 Å². The van der Waals surface area contributed by atoms with Gasteiger partial charge in [0.2, 0.25) is 0 Å². The molecule has 0 aromatic heterocycles. The Hall–Kier alpha value is 1.34. The molecule has 0 aliphatic rings. The van der Waals surface area contributed by atoms with E-state index in [-0.39, 0.29) is 51.4 Å². The Kier molecular flexibility index (Phi) is 10.2. The second-order valence-electron chi connectivity index (χ2n) is 3.85. The van der Waals surface area contributed by atoms with Crippen LogP contribution in [0.4, 0.5) is 0 Å². The van der Waals surface area contributed by atoms with Crippen LogP contribution in [0.15, 0.2) is 12.7 Å². The van der Waals surface area contributed by atoms with Crippen molar-refractivity contribution in [3.8, 4) is 0 Å². The van der Waals surface area contributed by atoms with Gasteiger partial charge in [0, 0.05) is 0 Å². The maximum atomic E-state index is 9.52. The molecule has 0 spiro atoms. The van der Waals surface area contributed by atoms with E-state index in [4.69, 9.17) is 0 Å². The summed E-state index contributed by atoms with van der Waals surface area (Å²) in [7, 11) is 0. The average molecular weight is 196 g/mol. The van der Waals surface area contributed by atoms with Crippen molar-refractivity contribution in [2.45, 2.75) is 45.6 Å². The zero-order valence-corrected chi connectivity index (χ0v) is 7.93. The Morgan fingerprint density at radius 3 is 2.33 bits per heavy atom. The Bertz CT molecular complexity index is 119. The molecule has 1 atom stereocenters. The molecule has 0 amide bonds. The zero-order valence-electron chi connectivity index (χ0n) is 7.93. The van der Waals surface area contributed by atoms with Crippen LogP contribution in [0.3, 0.4) is 0 Å².